The summed E-state index contributed by atoms with van der Waals surface area (Å²) in [4.78, 5) is 12.7. The summed E-state index contributed by atoms with van der Waals surface area (Å²) in [6.45, 7) is 0.916. The lowest BCUT2D eigenvalue weighted by atomic mass is 9.91. The highest BCUT2D eigenvalue weighted by atomic mass is 32.2. The van der Waals surface area contributed by atoms with Crippen molar-refractivity contribution in [2.45, 2.75) is 55.2 Å². The van der Waals surface area contributed by atoms with Crippen LogP contribution in [-0.2, 0) is 27.7 Å². The first-order valence-electron chi connectivity index (χ1n) is 15.2. The molecular formula is C35H32F2N4O5S. The Labute approximate surface area is 271 Å². The number of ether oxygens (including phenoxy) is 1. The molecule has 0 unspecified atom stereocenters. The molecule has 47 heavy (non-hydrogen) atoms. The van der Waals surface area contributed by atoms with Gasteiger partial charge in [0, 0.05) is 43.4 Å². The zero-order chi connectivity index (χ0) is 33.3. The summed E-state index contributed by atoms with van der Waals surface area (Å²) in [6.07, 6.45) is 2.73. The van der Waals surface area contributed by atoms with Gasteiger partial charge in [-0.25, -0.2) is 21.9 Å². The van der Waals surface area contributed by atoms with Crippen molar-refractivity contribution in [2.24, 2.45) is 0 Å². The lowest BCUT2D eigenvalue weighted by Gasteiger charge is -2.25. The van der Waals surface area contributed by atoms with E-state index < -0.39 is 38.3 Å². The lowest BCUT2D eigenvalue weighted by Crippen LogP contribution is -2.43. The van der Waals surface area contributed by atoms with Crippen LogP contribution in [0.3, 0.4) is 0 Å². The molecule has 0 saturated carbocycles. The molecule has 1 N–H and O–H groups in total. The lowest BCUT2D eigenvalue weighted by molar-refractivity contribution is -0.387. The van der Waals surface area contributed by atoms with Crippen LogP contribution in [0.1, 0.15) is 36.0 Å². The molecule has 0 aliphatic carbocycles. The van der Waals surface area contributed by atoms with Crippen molar-refractivity contribution in [3.05, 3.63) is 117 Å². The first kappa shape index (κ1) is 32.4. The maximum atomic E-state index is 15.5. The fourth-order valence-electron chi connectivity index (χ4n) is 6.87. The Morgan fingerprint density at radius 3 is 2.47 bits per heavy atom. The number of nitrogens with zero attached hydrogens (tertiary/aromatic N) is 3. The molecule has 2 heterocycles. The quantitative estimate of drug-likeness (QED) is 0.147. The van der Waals surface area contributed by atoms with Crippen LogP contribution in [0.15, 0.2) is 83.8 Å². The Hall–Kier alpha value is -4.54. The summed E-state index contributed by atoms with van der Waals surface area (Å²) >= 11 is 0. The second-order valence-corrected chi connectivity index (χ2v) is 13.6. The molecule has 6 rings (SSSR count). The average Bonchev–Trinajstić information content (AvgIpc) is 3.59. The normalized spacial score (nSPS) is 19.1. The first-order chi connectivity index (χ1) is 22.6. The highest BCUT2D eigenvalue weighted by Crippen LogP contribution is 2.41. The summed E-state index contributed by atoms with van der Waals surface area (Å²) < 4.78 is 64.7. The Kier molecular flexibility index (Phi) is 9.16. The Balaban J connectivity index is 1.30. The van der Waals surface area contributed by atoms with E-state index in [1.165, 1.54) is 42.5 Å². The van der Waals surface area contributed by atoms with Crippen LogP contribution < -0.4 is 4.72 Å². The molecule has 9 nitrogen and oxygen atoms in total. The molecule has 2 saturated heterocycles. The number of nitrogens with one attached hydrogen (secondary N) is 1. The zero-order valence-corrected chi connectivity index (χ0v) is 26.3. The van der Waals surface area contributed by atoms with Crippen molar-refractivity contribution in [1.82, 2.24) is 9.62 Å². The smallest absolute Gasteiger partial charge is 0.289 e. The zero-order valence-electron chi connectivity index (χ0n) is 25.5. The number of halogens is 2. The van der Waals surface area contributed by atoms with E-state index in [-0.39, 0.29) is 22.5 Å². The largest absolute Gasteiger partial charge is 0.384 e. The van der Waals surface area contributed by atoms with E-state index in [0.717, 1.165) is 24.0 Å². The Bertz CT molecular complexity index is 2000. The van der Waals surface area contributed by atoms with E-state index in [4.69, 9.17) is 4.74 Å². The summed E-state index contributed by atoms with van der Waals surface area (Å²) in [6, 6.07) is 21.6. The topological polar surface area (TPSA) is 126 Å². The van der Waals surface area contributed by atoms with Crippen molar-refractivity contribution in [3.8, 4) is 28.3 Å². The van der Waals surface area contributed by atoms with Crippen LogP contribution in [0.4, 0.5) is 14.5 Å². The van der Waals surface area contributed by atoms with Crippen molar-refractivity contribution < 1.29 is 26.9 Å². The standard InChI is InChI=1S/C35H32F2N4O5S/c1-46-15-14-22-6-12-28(31(37)17-22)27-11-7-23(16-29(27)24-8-9-25(20-38)30(36)18-24)21-40-26-10-13-33(40)32(19-26)39-47(44,45)35-5-3-2-4-34(35)41(42)43/h2-9,11-12,16-18,26,32-33,39H,10,13-15,19,21H2,1H3/t26-,32+,33+/m0/s1. The summed E-state index contributed by atoms with van der Waals surface area (Å²) in [5.41, 5.74) is 3.07. The minimum absolute atomic E-state index is 0.0889. The van der Waals surface area contributed by atoms with Gasteiger partial charge >= 0.3 is 0 Å². The van der Waals surface area contributed by atoms with Crippen molar-refractivity contribution >= 4 is 15.7 Å². The molecule has 4 aromatic rings. The van der Waals surface area contributed by atoms with Gasteiger partial charge in [0.15, 0.2) is 4.90 Å². The van der Waals surface area contributed by atoms with Gasteiger partial charge in [-0.1, -0.05) is 42.5 Å². The van der Waals surface area contributed by atoms with Gasteiger partial charge in [0.2, 0.25) is 10.0 Å². The molecule has 0 spiro atoms. The summed E-state index contributed by atoms with van der Waals surface area (Å²) in [5.74, 6) is -1.10. The van der Waals surface area contributed by atoms with Gasteiger partial charge in [0.1, 0.15) is 17.7 Å². The Morgan fingerprint density at radius 1 is 0.979 bits per heavy atom. The van der Waals surface area contributed by atoms with E-state index in [0.29, 0.717) is 48.2 Å². The number of nitro benzene ring substituents is 1. The molecule has 0 amide bonds. The molecule has 2 bridgehead atoms. The number of para-hydroxylation sites is 1. The van der Waals surface area contributed by atoms with Crippen LogP contribution in [0.25, 0.3) is 22.3 Å². The van der Waals surface area contributed by atoms with E-state index in [9.17, 15) is 28.2 Å². The van der Waals surface area contributed by atoms with Crippen LogP contribution in [0, 0.1) is 33.1 Å². The van der Waals surface area contributed by atoms with Crippen LogP contribution in [0.2, 0.25) is 0 Å². The number of hydrogen-bond acceptors (Lipinski definition) is 7. The van der Waals surface area contributed by atoms with Crippen LogP contribution >= 0.6 is 0 Å². The molecule has 2 aliphatic heterocycles. The molecule has 2 fully saturated rings. The maximum absolute atomic E-state index is 15.5. The molecule has 3 atom stereocenters. The third-order valence-electron chi connectivity index (χ3n) is 9.11. The molecule has 242 valence electrons. The number of hydrogen-bond donors (Lipinski definition) is 1. The van der Waals surface area contributed by atoms with Crippen molar-refractivity contribution in [3.63, 3.8) is 0 Å². The monoisotopic (exact) mass is 658 g/mol. The highest BCUT2D eigenvalue weighted by molar-refractivity contribution is 7.89. The van der Waals surface area contributed by atoms with Crippen molar-refractivity contribution in [2.75, 3.05) is 13.7 Å². The van der Waals surface area contributed by atoms with Gasteiger partial charge in [-0.15, -0.1) is 0 Å². The SMILES string of the molecule is COCCc1ccc(-c2ccc(CN3[C@H]4CC[C@@H]3[C@H](NS(=O)(=O)c3ccccc3[N+](=O)[O-])C4)cc2-c2ccc(C#N)c(F)c2)c(F)c1. The number of rotatable bonds is 11. The minimum atomic E-state index is -4.16. The van der Waals surface area contributed by atoms with E-state index in [1.807, 2.05) is 24.3 Å². The molecule has 2 aliphatic rings. The molecule has 0 radical (unpaired) electrons. The highest BCUT2D eigenvalue weighted by Gasteiger charge is 2.47. The molecule has 0 aromatic heterocycles. The van der Waals surface area contributed by atoms with Gasteiger partial charge in [0.25, 0.3) is 5.69 Å². The van der Waals surface area contributed by atoms with Gasteiger partial charge in [-0.2, -0.15) is 5.26 Å². The van der Waals surface area contributed by atoms with Gasteiger partial charge < -0.3 is 4.74 Å². The number of fused-ring (bicyclic) bond motifs is 2. The van der Waals surface area contributed by atoms with Crippen molar-refractivity contribution in [1.29, 1.82) is 5.26 Å². The van der Waals surface area contributed by atoms with Crippen LogP contribution in [0.5, 0.6) is 0 Å². The number of methoxy groups -OCH3 is 1. The van der Waals surface area contributed by atoms with Crippen LogP contribution in [-0.4, -0.2) is 50.1 Å². The van der Waals surface area contributed by atoms with E-state index in [1.54, 1.807) is 25.3 Å². The second kappa shape index (κ2) is 13.3. The van der Waals surface area contributed by atoms with Gasteiger partial charge in [0.05, 0.1) is 17.1 Å². The maximum Gasteiger partial charge on any atom is 0.289 e. The molecule has 12 heteroatoms. The van der Waals surface area contributed by atoms with Gasteiger partial charge in [-0.3, -0.25) is 15.0 Å². The molecule has 4 aromatic carbocycles. The molecular weight excluding hydrogens is 626 g/mol. The van der Waals surface area contributed by atoms with E-state index >= 15 is 4.39 Å². The fourth-order valence-corrected chi connectivity index (χ4v) is 8.33. The number of nitro groups is 1. The summed E-state index contributed by atoms with van der Waals surface area (Å²) in [7, 11) is -2.58. The average molecular weight is 659 g/mol. The Morgan fingerprint density at radius 2 is 1.74 bits per heavy atom. The predicted octanol–water partition coefficient (Wildman–Crippen LogP) is 6.35. The van der Waals surface area contributed by atoms with Gasteiger partial charge in [-0.05, 0) is 83.8 Å². The number of nitriles is 1. The fraction of sp³-hybridized carbons (Fsp3) is 0.286. The third kappa shape index (κ3) is 6.53. The number of benzene rings is 4. The van der Waals surface area contributed by atoms with E-state index in [2.05, 4.69) is 9.62 Å². The minimum Gasteiger partial charge on any atom is -0.384 e. The number of sulfonamides is 1. The third-order valence-corrected chi connectivity index (χ3v) is 10.6. The first-order valence-corrected chi connectivity index (χ1v) is 16.7. The predicted molar refractivity (Wildman–Crippen MR) is 172 cm³/mol. The second-order valence-electron chi connectivity index (χ2n) is 11.9. The summed E-state index contributed by atoms with van der Waals surface area (Å²) in [5, 5.41) is 20.8.